The maximum absolute atomic E-state index is 14.3. The second kappa shape index (κ2) is 6.26. The SMILES string of the molecule is Cc1nccn1-c1ccc(CNC(=O)c2cc(Cl)c[nH]2)cc1F. The number of aryl methyl sites for hydroxylation is 1. The van der Waals surface area contributed by atoms with E-state index in [1.165, 1.54) is 18.3 Å². The molecule has 5 nitrogen and oxygen atoms in total. The summed E-state index contributed by atoms with van der Waals surface area (Å²) in [4.78, 5) is 18.7. The van der Waals surface area contributed by atoms with Crippen molar-refractivity contribution in [3.05, 3.63) is 70.8 Å². The Labute approximate surface area is 137 Å². The molecule has 0 bridgehead atoms. The molecule has 0 unspecified atom stereocenters. The van der Waals surface area contributed by atoms with Crippen LogP contribution < -0.4 is 5.32 Å². The van der Waals surface area contributed by atoms with Gasteiger partial charge in [-0.25, -0.2) is 9.37 Å². The molecule has 2 N–H and O–H groups in total. The molecule has 0 saturated carbocycles. The first-order valence-electron chi connectivity index (χ1n) is 6.95. The van der Waals surface area contributed by atoms with Crippen LogP contribution in [0.15, 0.2) is 42.9 Å². The molecule has 0 aliphatic heterocycles. The van der Waals surface area contributed by atoms with E-state index in [1.807, 2.05) is 0 Å². The largest absolute Gasteiger partial charge is 0.356 e. The highest BCUT2D eigenvalue weighted by Crippen LogP contribution is 2.17. The molecule has 23 heavy (non-hydrogen) atoms. The van der Waals surface area contributed by atoms with E-state index in [2.05, 4.69) is 15.3 Å². The van der Waals surface area contributed by atoms with Gasteiger partial charge in [0, 0.05) is 25.1 Å². The van der Waals surface area contributed by atoms with Crippen molar-refractivity contribution in [2.75, 3.05) is 0 Å². The molecule has 0 fully saturated rings. The summed E-state index contributed by atoms with van der Waals surface area (Å²) in [6.07, 6.45) is 4.84. The second-order valence-corrected chi connectivity index (χ2v) is 5.48. The van der Waals surface area contributed by atoms with E-state index in [1.54, 1.807) is 36.0 Å². The number of aromatic nitrogens is 3. The summed E-state index contributed by atoms with van der Waals surface area (Å²) in [6, 6.07) is 6.36. The molecule has 0 aliphatic rings. The van der Waals surface area contributed by atoms with Crippen molar-refractivity contribution in [1.82, 2.24) is 19.9 Å². The maximum atomic E-state index is 14.3. The molecule has 2 heterocycles. The number of rotatable bonds is 4. The summed E-state index contributed by atoms with van der Waals surface area (Å²) in [5.74, 6) is 0.0289. The van der Waals surface area contributed by atoms with Gasteiger partial charge < -0.3 is 14.9 Å². The monoisotopic (exact) mass is 332 g/mol. The van der Waals surface area contributed by atoms with Gasteiger partial charge in [-0.1, -0.05) is 17.7 Å². The quantitative estimate of drug-likeness (QED) is 0.770. The Kier molecular flexibility index (Phi) is 4.16. The number of carbonyl (C=O) groups excluding carboxylic acids is 1. The van der Waals surface area contributed by atoms with Crippen LogP contribution in [0.25, 0.3) is 5.69 Å². The van der Waals surface area contributed by atoms with Crippen molar-refractivity contribution in [3.8, 4) is 5.69 Å². The minimum absolute atomic E-state index is 0.218. The molecule has 0 spiro atoms. The normalized spacial score (nSPS) is 10.7. The van der Waals surface area contributed by atoms with Gasteiger partial charge in [0.15, 0.2) is 0 Å². The first-order valence-corrected chi connectivity index (χ1v) is 7.33. The minimum atomic E-state index is -0.374. The Morgan fingerprint density at radius 3 is 2.87 bits per heavy atom. The van der Waals surface area contributed by atoms with Crippen molar-refractivity contribution < 1.29 is 9.18 Å². The number of carbonyl (C=O) groups is 1. The maximum Gasteiger partial charge on any atom is 0.268 e. The fourth-order valence-electron chi connectivity index (χ4n) is 2.26. The lowest BCUT2D eigenvalue weighted by Gasteiger charge is -2.09. The smallest absolute Gasteiger partial charge is 0.268 e. The Bertz CT molecular complexity index is 855. The number of H-pyrrole nitrogens is 1. The van der Waals surface area contributed by atoms with Crippen LogP contribution in [0.3, 0.4) is 0 Å². The van der Waals surface area contributed by atoms with Gasteiger partial charge in [-0.15, -0.1) is 0 Å². The number of nitrogens with zero attached hydrogens (tertiary/aromatic N) is 2. The van der Waals surface area contributed by atoms with Crippen LogP contribution in [0.4, 0.5) is 4.39 Å². The van der Waals surface area contributed by atoms with Crippen LogP contribution in [0.2, 0.25) is 5.02 Å². The average Bonchev–Trinajstić information content (AvgIpc) is 3.14. The molecular weight excluding hydrogens is 319 g/mol. The number of nitrogens with one attached hydrogen (secondary N) is 2. The van der Waals surface area contributed by atoms with Crippen molar-refractivity contribution in [2.45, 2.75) is 13.5 Å². The van der Waals surface area contributed by atoms with Gasteiger partial charge >= 0.3 is 0 Å². The van der Waals surface area contributed by atoms with Gasteiger partial charge in [0.1, 0.15) is 17.3 Å². The summed E-state index contributed by atoms with van der Waals surface area (Å²) in [5, 5.41) is 3.17. The molecule has 0 saturated heterocycles. The summed E-state index contributed by atoms with van der Waals surface area (Å²) >= 11 is 5.75. The molecular formula is C16H14ClFN4O. The van der Waals surface area contributed by atoms with Gasteiger partial charge in [-0.05, 0) is 30.7 Å². The third-order valence-corrected chi connectivity index (χ3v) is 3.66. The predicted octanol–water partition coefficient (Wildman–Crippen LogP) is 3.23. The molecule has 2 aromatic heterocycles. The number of amides is 1. The summed E-state index contributed by atoms with van der Waals surface area (Å²) in [6.45, 7) is 2.02. The van der Waals surface area contributed by atoms with Crippen molar-refractivity contribution >= 4 is 17.5 Å². The lowest BCUT2D eigenvalue weighted by molar-refractivity contribution is 0.0946. The first kappa shape index (κ1) is 15.3. The standard InChI is InChI=1S/C16H14ClFN4O/c1-10-19-4-5-22(10)15-3-2-11(6-13(15)18)8-21-16(23)14-7-12(17)9-20-14/h2-7,9,20H,8H2,1H3,(H,21,23). The predicted molar refractivity (Wildman–Crippen MR) is 85.2 cm³/mol. The topological polar surface area (TPSA) is 62.7 Å². The van der Waals surface area contributed by atoms with Crippen LogP contribution in [-0.4, -0.2) is 20.4 Å². The van der Waals surface area contributed by atoms with Crippen molar-refractivity contribution in [3.63, 3.8) is 0 Å². The van der Waals surface area contributed by atoms with E-state index < -0.39 is 0 Å². The van der Waals surface area contributed by atoms with Crippen molar-refractivity contribution in [1.29, 1.82) is 0 Å². The molecule has 3 rings (SSSR count). The molecule has 0 radical (unpaired) electrons. The van der Waals surface area contributed by atoms with Crippen LogP contribution in [0.5, 0.6) is 0 Å². The van der Waals surface area contributed by atoms with E-state index in [0.29, 0.717) is 27.8 Å². The fourth-order valence-corrected chi connectivity index (χ4v) is 2.43. The molecule has 1 amide bonds. The zero-order chi connectivity index (χ0) is 16.4. The van der Waals surface area contributed by atoms with Crippen LogP contribution >= 0.6 is 11.6 Å². The fraction of sp³-hybridized carbons (Fsp3) is 0.125. The highest BCUT2D eigenvalue weighted by atomic mass is 35.5. The Balaban J connectivity index is 1.71. The Morgan fingerprint density at radius 1 is 1.43 bits per heavy atom. The van der Waals surface area contributed by atoms with Gasteiger partial charge in [0.25, 0.3) is 5.91 Å². The molecule has 0 atom stereocenters. The van der Waals surface area contributed by atoms with Crippen LogP contribution in [0.1, 0.15) is 21.9 Å². The lowest BCUT2D eigenvalue weighted by Crippen LogP contribution is -2.23. The number of imidazole rings is 1. The lowest BCUT2D eigenvalue weighted by atomic mass is 10.2. The third-order valence-electron chi connectivity index (χ3n) is 3.44. The average molecular weight is 333 g/mol. The summed E-state index contributed by atoms with van der Waals surface area (Å²) in [5.41, 5.74) is 1.45. The number of hydrogen-bond donors (Lipinski definition) is 2. The van der Waals surface area contributed by atoms with E-state index in [0.717, 1.165) is 0 Å². The first-order chi connectivity index (χ1) is 11.0. The molecule has 1 aromatic carbocycles. The molecule has 7 heteroatoms. The Hall–Kier alpha value is -2.60. The van der Waals surface area contributed by atoms with E-state index >= 15 is 0 Å². The zero-order valence-electron chi connectivity index (χ0n) is 12.3. The van der Waals surface area contributed by atoms with Gasteiger partial charge in [-0.3, -0.25) is 4.79 Å². The Morgan fingerprint density at radius 2 is 2.26 bits per heavy atom. The van der Waals surface area contributed by atoms with Gasteiger partial charge in [0.05, 0.1) is 10.7 Å². The molecule has 118 valence electrons. The van der Waals surface area contributed by atoms with Crippen molar-refractivity contribution in [2.24, 2.45) is 0 Å². The number of hydrogen-bond acceptors (Lipinski definition) is 2. The summed E-state index contributed by atoms with van der Waals surface area (Å²) in [7, 11) is 0. The van der Waals surface area contributed by atoms with E-state index in [-0.39, 0.29) is 18.3 Å². The molecule has 0 aliphatic carbocycles. The highest BCUT2D eigenvalue weighted by molar-refractivity contribution is 6.30. The highest BCUT2D eigenvalue weighted by Gasteiger charge is 2.10. The van der Waals surface area contributed by atoms with Gasteiger partial charge in [0.2, 0.25) is 0 Å². The summed E-state index contributed by atoms with van der Waals surface area (Å²) < 4.78 is 15.9. The zero-order valence-corrected chi connectivity index (χ0v) is 13.1. The minimum Gasteiger partial charge on any atom is -0.356 e. The number of aromatic amines is 1. The van der Waals surface area contributed by atoms with Crippen LogP contribution in [-0.2, 0) is 6.54 Å². The van der Waals surface area contributed by atoms with E-state index in [4.69, 9.17) is 11.6 Å². The molecule has 3 aromatic rings. The number of benzene rings is 1. The van der Waals surface area contributed by atoms with Gasteiger partial charge in [-0.2, -0.15) is 0 Å². The number of halogens is 2. The third kappa shape index (κ3) is 3.27. The van der Waals surface area contributed by atoms with Crippen LogP contribution in [0, 0.1) is 12.7 Å². The second-order valence-electron chi connectivity index (χ2n) is 5.04. The van der Waals surface area contributed by atoms with E-state index in [9.17, 15) is 9.18 Å².